The van der Waals surface area contributed by atoms with Crippen molar-refractivity contribution in [1.29, 1.82) is 0 Å². The van der Waals surface area contributed by atoms with Gasteiger partial charge in [0.1, 0.15) is 0 Å². The molecule has 4 nitrogen and oxygen atoms in total. The molecule has 1 aliphatic heterocycles. The molecule has 0 amide bonds. The van der Waals surface area contributed by atoms with Crippen LogP contribution in [0.4, 0.5) is 0 Å². The van der Waals surface area contributed by atoms with E-state index >= 15 is 0 Å². The number of hydrogen-bond acceptors (Lipinski definition) is 3. The first-order valence-electron chi connectivity index (χ1n) is 6.88. The maximum Gasteiger partial charge on any atom is 0.193 e. The minimum absolute atomic E-state index is 0.133. The quantitative estimate of drug-likeness (QED) is 0.848. The van der Waals surface area contributed by atoms with E-state index in [0.29, 0.717) is 16.6 Å². The van der Waals surface area contributed by atoms with Crippen molar-refractivity contribution in [2.45, 2.75) is 0 Å². The minimum atomic E-state index is 0.133. The summed E-state index contributed by atoms with van der Waals surface area (Å²) in [6, 6.07) is 17.2. The number of hydrogen-bond donors (Lipinski definition) is 1. The highest BCUT2D eigenvalue weighted by Gasteiger charge is 2.19. The van der Waals surface area contributed by atoms with Crippen molar-refractivity contribution in [1.82, 2.24) is 5.01 Å². The number of amidine groups is 1. The lowest BCUT2D eigenvalue weighted by molar-refractivity contribution is 0.661. The van der Waals surface area contributed by atoms with Crippen LogP contribution >= 0.6 is 23.8 Å². The van der Waals surface area contributed by atoms with Gasteiger partial charge in [-0.2, -0.15) is 10.1 Å². The molecule has 0 bridgehead atoms. The molecule has 0 saturated carbocycles. The molecule has 1 aliphatic rings. The highest BCUT2D eigenvalue weighted by Crippen LogP contribution is 2.18. The van der Waals surface area contributed by atoms with Crippen LogP contribution in [0.15, 0.2) is 70.4 Å². The summed E-state index contributed by atoms with van der Waals surface area (Å²) in [5.41, 5.74) is 8.33. The van der Waals surface area contributed by atoms with Crippen molar-refractivity contribution in [3.05, 3.63) is 76.4 Å². The second kappa shape index (κ2) is 6.73. The zero-order chi connectivity index (χ0) is 16.2. The van der Waals surface area contributed by atoms with E-state index in [1.54, 1.807) is 18.3 Å². The molecule has 0 aromatic heterocycles. The number of thiocarbonyl (C=S) groups is 1. The van der Waals surface area contributed by atoms with Gasteiger partial charge in [-0.25, -0.2) is 4.99 Å². The fourth-order valence-electron chi connectivity index (χ4n) is 2.11. The lowest BCUT2D eigenvalue weighted by Crippen LogP contribution is -2.38. The van der Waals surface area contributed by atoms with Crippen LogP contribution < -0.4 is 5.73 Å². The van der Waals surface area contributed by atoms with E-state index in [2.05, 4.69) is 10.1 Å². The number of nitrogens with zero attached hydrogens (tertiary/aromatic N) is 3. The summed E-state index contributed by atoms with van der Waals surface area (Å²) < 4.78 is 0. The van der Waals surface area contributed by atoms with Crippen molar-refractivity contribution < 1.29 is 0 Å². The Morgan fingerprint density at radius 1 is 1.09 bits per heavy atom. The Morgan fingerprint density at radius 3 is 2.43 bits per heavy atom. The molecule has 23 heavy (non-hydrogen) atoms. The molecular weight excluding hydrogens is 328 g/mol. The predicted octanol–water partition coefficient (Wildman–Crippen LogP) is 3.67. The summed E-state index contributed by atoms with van der Waals surface area (Å²) in [4.78, 5) is 4.62. The van der Waals surface area contributed by atoms with Crippen molar-refractivity contribution in [2.24, 2.45) is 15.8 Å². The number of hydrazone groups is 1. The van der Waals surface area contributed by atoms with E-state index in [4.69, 9.17) is 29.6 Å². The zero-order valence-electron chi connectivity index (χ0n) is 12.1. The van der Waals surface area contributed by atoms with Gasteiger partial charge in [-0.05, 0) is 48.1 Å². The first-order valence-corrected chi connectivity index (χ1v) is 7.67. The van der Waals surface area contributed by atoms with Gasteiger partial charge >= 0.3 is 0 Å². The number of halogens is 1. The second-order valence-corrected chi connectivity index (χ2v) is 5.67. The molecule has 0 unspecified atom stereocenters. The molecule has 0 atom stereocenters. The molecule has 2 aromatic carbocycles. The summed E-state index contributed by atoms with van der Waals surface area (Å²) in [5, 5.41) is 6.51. The van der Waals surface area contributed by atoms with Crippen molar-refractivity contribution in [3.8, 4) is 0 Å². The number of aliphatic imine (C=N–C) groups is 1. The standard InChI is InChI=1S/C17H13ClN4S/c18-14-8-6-13(7-9-14)16-21-15(11-20-22(16)17(19)23)10-12-4-2-1-3-5-12/h1-11H,(H2,19,23). The Labute approximate surface area is 144 Å². The third kappa shape index (κ3) is 3.64. The van der Waals surface area contributed by atoms with Crippen molar-refractivity contribution >= 4 is 47.1 Å². The fraction of sp³-hybridized carbons (Fsp3) is 0. The SMILES string of the molecule is NC(=S)N1N=CC(=Cc2ccccc2)N=C1c1ccc(Cl)cc1. The van der Waals surface area contributed by atoms with Gasteiger partial charge in [0.2, 0.25) is 0 Å². The summed E-state index contributed by atoms with van der Waals surface area (Å²) in [7, 11) is 0. The summed E-state index contributed by atoms with van der Waals surface area (Å²) in [6.07, 6.45) is 3.57. The molecule has 2 N–H and O–H groups in total. The molecule has 0 aliphatic carbocycles. The molecule has 114 valence electrons. The highest BCUT2D eigenvalue weighted by molar-refractivity contribution is 7.80. The largest absolute Gasteiger partial charge is 0.374 e. The number of rotatable bonds is 2. The Morgan fingerprint density at radius 2 is 1.78 bits per heavy atom. The van der Waals surface area contributed by atoms with Crippen LogP contribution in [0.1, 0.15) is 11.1 Å². The van der Waals surface area contributed by atoms with Gasteiger partial charge in [-0.15, -0.1) is 0 Å². The van der Waals surface area contributed by atoms with E-state index in [0.717, 1.165) is 11.1 Å². The predicted molar refractivity (Wildman–Crippen MR) is 99.5 cm³/mol. The molecule has 2 aromatic rings. The van der Waals surface area contributed by atoms with Crippen LogP contribution in [0.3, 0.4) is 0 Å². The van der Waals surface area contributed by atoms with Crippen molar-refractivity contribution in [3.63, 3.8) is 0 Å². The molecule has 1 heterocycles. The second-order valence-electron chi connectivity index (χ2n) is 4.82. The maximum absolute atomic E-state index is 5.94. The zero-order valence-corrected chi connectivity index (χ0v) is 13.6. The lowest BCUT2D eigenvalue weighted by atomic mass is 10.1. The molecule has 0 radical (unpaired) electrons. The van der Waals surface area contributed by atoms with Crippen LogP contribution in [-0.4, -0.2) is 22.2 Å². The Balaban J connectivity index is 2.02. The average Bonchev–Trinajstić information content (AvgIpc) is 2.56. The van der Waals surface area contributed by atoms with Crippen LogP contribution in [0.25, 0.3) is 6.08 Å². The molecule has 6 heteroatoms. The van der Waals surface area contributed by atoms with Crippen LogP contribution in [0, 0.1) is 0 Å². The summed E-state index contributed by atoms with van der Waals surface area (Å²) in [5.74, 6) is 0.568. The Kier molecular flexibility index (Phi) is 4.50. The Bertz CT molecular complexity index is 810. The molecule has 0 saturated heterocycles. The molecule has 3 rings (SSSR count). The lowest BCUT2D eigenvalue weighted by Gasteiger charge is -2.22. The van der Waals surface area contributed by atoms with Crippen LogP contribution in [-0.2, 0) is 0 Å². The third-order valence-electron chi connectivity index (χ3n) is 3.17. The van der Waals surface area contributed by atoms with Crippen LogP contribution in [0.5, 0.6) is 0 Å². The summed E-state index contributed by atoms with van der Waals surface area (Å²) >= 11 is 11.0. The van der Waals surface area contributed by atoms with Gasteiger partial charge in [0.05, 0.1) is 11.9 Å². The van der Waals surface area contributed by atoms with E-state index < -0.39 is 0 Å². The third-order valence-corrected chi connectivity index (χ3v) is 3.59. The smallest absolute Gasteiger partial charge is 0.193 e. The Hall–Kier alpha value is -2.50. The van der Waals surface area contributed by atoms with E-state index in [1.807, 2.05) is 48.5 Å². The monoisotopic (exact) mass is 340 g/mol. The number of nitrogens with two attached hydrogens (primary N) is 1. The number of benzene rings is 2. The van der Waals surface area contributed by atoms with Crippen LogP contribution in [0.2, 0.25) is 5.02 Å². The first kappa shape index (κ1) is 15.4. The van der Waals surface area contributed by atoms with E-state index in [1.165, 1.54) is 5.01 Å². The van der Waals surface area contributed by atoms with Crippen molar-refractivity contribution in [2.75, 3.05) is 0 Å². The highest BCUT2D eigenvalue weighted by atomic mass is 35.5. The van der Waals surface area contributed by atoms with E-state index in [9.17, 15) is 0 Å². The van der Waals surface area contributed by atoms with Gasteiger partial charge in [0.15, 0.2) is 10.9 Å². The van der Waals surface area contributed by atoms with Gasteiger partial charge in [-0.3, -0.25) is 0 Å². The van der Waals surface area contributed by atoms with E-state index in [-0.39, 0.29) is 5.11 Å². The normalized spacial score (nSPS) is 15.6. The topological polar surface area (TPSA) is 54.0 Å². The average molecular weight is 341 g/mol. The van der Waals surface area contributed by atoms with Gasteiger partial charge in [0, 0.05) is 10.6 Å². The maximum atomic E-state index is 5.94. The molecule has 0 fully saturated rings. The first-order chi connectivity index (χ1) is 11.1. The molecular formula is C17H13ClN4S. The minimum Gasteiger partial charge on any atom is -0.374 e. The van der Waals surface area contributed by atoms with Gasteiger partial charge in [-0.1, -0.05) is 41.9 Å². The molecule has 0 spiro atoms. The fourth-order valence-corrected chi connectivity index (χ4v) is 2.37. The summed E-state index contributed by atoms with van der Waals surface area (Å²) in [6.45, 7) is 0. The number of allylic oxidation sites excluding steroid dienone is 1. The van der Waals surface area contributed by atoms with Gasteiger partial charge < -0.3 is 5.73 Å². The van der Waals surface area contributed by atoms with Gasteiger partial charge in [0.25, 0.3) is 0 Å².